The molecule has 0 radical (unpaired) electrons. The molecular formula is C19H26N4O2. The zero-order valence-corrected chi connectivity index (χ0v) is 15.2. The van der Waals surface area contributed by atoms with Gasteiger partial charge in [0.1, 0.15) is 5.75 Å². The number of hydrogen-bond acceptors (Lipinski definition) is 3. The van der Waals surface area contributed by atoms with E-state index >= 15 is 0 Å². The molecule has 1 aliphatic rings. The second kappa shape index (κ2) is 7.59. The number of rotatable bonds is 4. The molecule has 0 unspecified atom stereocenters. The number of likely N-dealkylation sites (tertiary alicyclic amines) is 1. The largest absolute Gasteiger partial charge is 0.496 e. The van der Waals surface area contributed by atoms with Crippen LogP contribution in [-0.2, 0) is 13.6 Å². The van der Waals surface area contributed by atoms with Gasteiger partial charge in [-0.2, -0.15) is 0 Å². The number of para-hydroxylation sites is 1. The fourth-order valence-electron chi connectivity index (χ4n) is 3.57. The van der Waals surface area contributed by atoms with Crippen molar-refractivity contribution in [3.63, 3.8) is 0 Å². The van der Waals surface area contributed by atoms with Crippen LogP contribution in [0, 0.1) is 6.92 Å². The predicted molar refractivity (Wildman–Crippen MR) is 96.7 cm³/mol. The van der Waals surface area contributed by atoms with Crippen LogP contribution in [0.25, 0.3) is 0 Å². The van der Waals surface area contributed by atoms with Crippen LogP contribution < -0.4 is 10.1 Å². The monoisotopic (exact) mass is 342 g/mol. The number of carbonyl (C=O) groups excluding carboxylic acids is 1. The van der Waals surface area contributed by atoms with E-state index in [0.29, 0.717) is 12.5 Å². The molecule has 134 valence electrons. The first kappa shape index (κ1) is 17.3. The van der Waals surface area contributed by atoms with E-state index in [1.807, 2.05) is 49.6 Å². The highest BCUT2D eigenvalue weighted by atomic mass is 16.5. The number of methoxy groups -OCH3 is 1. The third-order valence-corrected chi connectivity index (χ3v) is 4.98. The summed E-state index contributed by atoms with van der Waals surface area (Å²) < 4.78 is 7.52. The maximum Gasteiger partial charge on any atom is 0.317 e. The Morgan fingerprint density at radius 3 is 2.76 bits per heavy atom. The topological polar surface area (TPSA) is 59.4 Å². The molecule has 0 aliphatic carbocycles. The van der Waals surface area contributed by atoms with Crippen LogP contribution in [-0.4, -0.2) is 40.7 Å². The quantitative estimate of drug-likeness (QED) is 0.929. The van der Waals surface area contributed by atoms with E-state index in [4.69, 9.17) is 4.74 Å². The van der Waals surface area contributed by atoms with Gasteiger partial charge in [0, 0.05) is 50.1 Å². The van der Waals surface area contributed by atoms with Gasteiger partial charge in [-0.3, -0.25) is 0 Å². The summed E-state index contributed by atoms with van der Waals surface area (Å²) in [6.07, 6.45) is 5.72. The Morgan fingerprint density at radius 1 is 1.36 bits per heavy atom. The summed E-state index contributed by atoms with van der Waals surface area (Å²) in [6.45, 7) is 4.03. The minimum atomic E-state index is -0.00739. The number of nitrogens with one attached hydrogen (secondary N) is 1. The van der Waals surface area contributed by atoms with Gasteiger partial charge in [-0.1, -0.05) is 18.2 Å². The highest BCUT2D eigenvalue weighted by Crippen LogP contribution is 2.27. The Bertz CT molecular complexity index is 733. The molecule has 2 amide bonds. The van der Waals surface area contributed by atoms with Gasteiger partial charge in [0.2, 0.25) is 0 Å². The standard InChI is InChI=1S/C19H26N4O2/c1-14-5-4-6-16(18(14)25-3)11-21-19(24)23-9-7-15(8-10-23)17-12-20-13-22(17)2/h4-6,12-13,15H,7-11H2,1-3H3,(H,21,24). The zero-order chi connectivity index (χ0) is 17.8. The molecule has 1 aliphatic heterocycles. The number of ether oxygens (including phenoxy) is 1. The van der Waals surface area contributed by atoms with Crippen molar-refractivity contribution in [2.24, 2.45) is 7.05 Å². The summed E-state index contributed by atoms with van der Waals surface area (Å²) in [5, 5.41) is 3.02. The van der Waals surface area contributed by atoms with E-state index in [2.05, 4.69) is 14.9 Å². The van der Waals surface area contributed by atoms with Crippen LogP contribution in [0.2, 0.25) is 0 Å². The summed E-state index contributed by atoms with van der Waals surface area (Å²) in [6, 6.07) is 5.97. The highest BCUT2D eigenvalue weighted by molar-refractivity contribution is 5.74. The third kappa shape index (κ3) is 3.78. The number of hydrogen-bond donors (Lipinski definition) is 1. The van der Waals surface area contributed by atoms with E-state index in [9.17, 15) is 4.79 Å². The Hall–Kier alpha value is -2.50. The van der Waals surface area contributed by atoms with Crippen molar-refractivity contribution in [2.45, 2.75) is 32.2 Å². The first-order chi connectivity index (χ1) is 12.1. The van der Waals surface area contributed by atoms with E-state index < -0.39 is 0 Å². The van der Waals surface area contributed by atoms with Gasteiger partial charge in [0.05, 0.1) is 13.4 Å². The van der Waals surface area contributed by atoms with Gasteiger partial charge in [-0.15, -0.1) is 0 Å². The molecule has 1 N–H and O–H groups in total. The second-order valence-corrected chi connectivity index (χ2v) is 6.62. The summed E-state index contributed by atoms with van der Waals surface area (Å²) in [5.41, 5.74) is 3.33. The first-order valence-corrected chi connectivity index (χ1v) is 8.71. The molecule has 1 aromatic heterocycles. The fraction of sp³-hybridized carbons (Fsp3) is 0.474. The number of carbonyl (C=O) groups is 1. The lowest BCUT2D eigenvalue weighted by Gasteiger charge is -2.32. The maximum atomic E-state index is 12.5. The Labute approximate surface area is 148 Å². The molecular weight excluding hydrogens is 316 g/mol. The molecule has 6 heteroatoms. The van der Waals surface area contributed by atoms with Crippen molar-refractivity contribution in [1.82, 2.24) is 19.8 Å². The molecule has 1 saturated heterocycles. The number of aryl methyl sites for hydroxylation is 2. The minimum absolute atomic E-state index is 0.00739. The van der Waals surface area contributed by atoms with E-state index in [1.54, 1.807) is 7.11 Å². The number of nitrogens with zero attached hydrogens (tertiary/aromatic N) is 3. The summed E-state index contributed by atoms with van der Waals surface area (Å²) >= 11 is 0. The number of benzene rings is 1. The number of piperidine rings is 1. The molecule has 2 heterocycles. The van der Waals surface area contributed by atoms with Crippen molar-refractivity contribution in [2.75, 3.05) is 20.2 Å². The Kier molecular flexibility index (Phi) is 5.26. The molecule has 1 fully saturated rings. The normalized spacial score (nSPS) is 15.2. The average Bonchev–Trinajstić information content (AvgIpc) is 3.06. The lowest BCUT2D eigenvalue weighted by atomic mass is 9.94. The lowest BCUT2D eigenvalue weighted by Crippen LogP contribution is -2.44. The smallest absolute Gasteiger partial charge is 0.317 e. The Morgan fingerprint density at radius 2 is 2.12 bits per heavy atom. The minimum Gasteiger partial charge on any atom is -0.496 e. The molecule has 0 bridgehead atoms. The lowest BCUT2D eigenvalue weighted by molar-refractivity contribution is 0.180. The summed E-state index contributed by atoms with van der Waals surface area (Å²) in [7, 11) is 3.69. The second-order valence-electron chi connectivity index (χ2n) is 6.62. The van der Waals surface area contributed by atoms with Gasteiger partial charge in [0.15, 0.2) is 0 Å². The van der Waals surface area contributed by atoms with Gasteiger partial charge in [0.25, 0.3) is 0 Å². The van der Waals surface area contributed by atoms with Crippen molar-refractivity contribution in [1.29, 1.82) is 0 Å². The molecule has 25 heavy (non-hydrogen) atoms. The molecule has 6 nitrogen and oxygen atoms in total. The number of urea groups is 1. The van der Waals surface area contributed by atoms with Crippen molar-refractivity contribution in [3.8, 4) is 5.75 Å². The molecule has 1 aromatic carbocycles. The molecule has 3 rings (SSSR count). The zero-order valence-electron chi connectivity index (χ0n) is 15.2. The van der Waals surface area contributed by atoms with E-state index in [0.717, 1.165) is 42.8 Å². The van der Waals surface area contributed by atoms with Crippen LogP contribution in [0.3, 0.4) is 0 Å². The summed E-state index contributed by atoms with van der Waals surface area (Å²) in [5.74, 6) is 1.33. The Balaban J connectivity index is 1.53. The number of imidazole rings is 1. The van der Waals surface area contributed by atoms with Gasteiger partial charge >= 0.3 is 6.03 Å². The molecule has 0 saturated carbocycles. The van der Waals surface area contributed by atoms with Crippen LogP contribution in [0.15, 0.2) is 30.7 Å². The van der Waals surface area contributed by atoms with Crippen molar-refractivity contribution < 1.29 is 9.53 Å². The van der Waals surface area contributed by atoms with Crippen molar-refractivity contribution >= 4 is 6.03 Å². The summed E-state index contributed by atoms with van der Waals surface area (Å²) in [4.78, 5) is 18.6. The fourth-order valence-corrected chi connectivity index (χ4v) is 3.57. The molecule has 2 aromatic rings. The van der Waals surface area contributed by atoms with Crippen LogP contribution in [0.4, 0.5) is 4.79 Å². The number of aromatic nitrogens is 2. The number of amides is 2. The molecule has 0 spiro atoms. The maximum absolute atomic E-state index is 12.5. The van der Waals surface area contributed by atoms with Crippen LogP contribution in [0.1, 0.15) is 35.6 Å². The van der Waals surface area contributed by atoms with Gasteiger partial charge in [-0.05, 0) is 25.3 Å². The molecule has 0 atom stereocenters. The average molecular weight is 342 g/mol. The van der Waals surface area contributed by atoms with Crippen LogP contribution in [0.5, 0.6) is 5.75 Å². The predicted octanol–water partition coefficient (Wildman–Crippen LogP) is 2.83. The van der Waals surface area contributed by atoms with Crippen molar-refractivity contribution in [3.05, 3.63) is 47.5 Å². The SMILES string of the molecule is COc1c(C)cccc1CNC(=O)N1CCC(c2cncn2C)CC1. The van der Waals surface area contributed by atoms with Gasteiger partial charge < -0.3 is 19.5 Å². The third-order valence-electron chi connectivity index (χ3n) is 4.98. The first-order valence-electron chi connectivity index (χ1n) is 8.71. The highest BCUT2D eigenvalue weighted by Gasteiger charge is 2.25. The van der Waals surface area contributed by atoms with E-state index in [1.165, 1.54) is 5.69 Å². The van der Waals surface area contributed by atoms with Crippen LogP contribution >= 0.6 is 0 Å². The van der Waals surface area contributed by atoms with Gasteiger partial charge in [-0.25, -0.2) is 9.78 Å². The van der Waals surface area contributed by atoms with E-state index in [-0.39, 0.29) is 6.03 Å².